The Hall–Kier alpha value is -1.16. The number of carbonyl (C=O) groups is 2. The van der Waals surface area contributed by atoms with E-state index in [1.54, 1.807) is 0 Å². The second-order valence-electron chi connectivity index (χ2n) is 5.85. The van der Waals surface area contributed by atoms with Crippen LogP contribution in [0.5, 0.6) is 0 Å². The SMILES string of the molecule is O=C1[C@H]2CC=CC[C@H]2C(=O)N1CC1(O)CCCC1. The van der Waals surface area contributed by atoms with Crippen molar-refractivity contribution in [2.45, 2.75) is 44.1 Å². The van der Waals surface area contributed by atoms with E-state index in [1.165, 1.54) is 4.90 Å². The zero-order valence-corrected chi connectivity index (χ0v) is 10.5. The minimum absolute atomic E-state index is 0.0744. The van der Waals surface area contributed by atoms with Crippen LogP contribution in [0.3, 0.4) is 0 Å². The highest BCUT2D eigenvalue weighted by atomic mass is 16.3. The van der Waals surface area contributed by atoms with Gasteiger partial charge in [0.15, 0.2) is 0 Å². The molecule has 2 amide bonds. The Morgan fingerprint density at radius 3 is 2.11 bits per heavy atom. The van der Waals surface area contributed by atoms with Crippen molar-refractivity contribution in [1.29, 1.82) is 0 Å². The van der Waals surface area contributed by atoms with Gasteiger partial charge >= 0.3 is 0 Å². The van der Waals surface area contributed by atoms with Crippen LogP contribution in [-0.4, -0.2) is 34.0 Å². The Morgan fingerprint density at radius 2 is 1.61 bits per heavy atom. The molecular weight excluding hydrogens is 230 g/mol. The van der Waals surface area contributed by atoms with Gasteiger partial charge in [0.25, 0.3) is 0 Å². The maximum atomic E-state index is 12.2. The number of rotatable bonds is 2. The number of β-amino-alcohol motifs (C(OH)–C–C–N with tert-alkyl or cyclic N) is 1. The van der Waals surface area contributed by atoms with Crippen molar-refractivity contribution in [2.75, 3.05) is 6.54 Å². The first kappa shape index (κ1) is 11.9. The maximum absolute atomic E-state index is 12.2. The van der Waals surface area contributed by atoms with Crippen LogP contribution in [0.4, 0.5) is 0 Å². The average Bonchev–Trinajstić information content (AvgIpc) is 2.89. The zero-order chi connectivity index (χ0) is 12.8. The summed E-state index contributed by atoms with van der Waals surface area (Å²) < 4.78 is 0. The molecule has 0 aromatic carbocycles. The van der Waals surface area contributed by atoms with Crippen molar-refractivity contribution >= 4 is 11.8 Å². The Balaban J connectivity index is 1.77. The van der Waals surface area contributed by atoms with Gasteiger partial charge in [0.2, 0.25) is 11.8 Å². The number of hydrogen-bond acceptors (Lipinski definition) is 3. The molecule has 2 fully saturated rings. The molecule has 98 valence electrons. The lowest BCUT2D eigenvalue weighted by Gasteiger charge is -2.27. The molecular formula is C14H19NO3. The number of allylic oxidation sites excluding steroid dienone is 2. The lowest BCUT2D eigenvalue weighted by atomic mass is 9.85. The molecule has 1 saturated carbocycles. The van der Waals surface area contributed by atoms with Crippen LogP contribution in [0, 0.1) is 11.8 Å². The number of nitrogens with zero attached hydrogens (tertiary/aromatic N) is 1. The van der Waals surface area contributed by atoms with E-state index in [9.17, 15) is 14.7 Å². The standard InChI is InChI=1S/C14H19NO3/c16-12-10-5-1-2-6-11(10)13(17)15(12)9-14(18)7-3-4-8-14/h1-2,10-11,18H,3-9H2/t10-,11+. The molecule has 3 rings (SSSR count). The van der Waals surface area contributed by atoms with Gasteiger partial charge in [0, 0.05) is 0 Å². The first-order valence-electron chi connectivity index (χ1n) is 6.83. The van der Waals surface area contributed by atoms with Gasteiger partial charge in [0.05, 0.1) is 24.0 Å². The van der Waals surface area contributed by atoms with E-state index >= 15 is 0 Å². The van der Waals surface area contributed by atoms with Gasteiger partial charge in [-0.1, -0.05) is 25.0 Å². The molecule has 1 aliphatic heterocycles. The van der Waals surface area contributed by atoms with Crippen LogP contribution in [-0.2, 0) is 9.59 Å². The molecule has 0 unspecified atom stereocenters. The van der Waals surface area contributed by atoms with Crippen LogP contribution in [0.15, 0.2) is 12.2 Å². The third kappa shape index (κ3) is 1.79. The fraction of sp³-hybridized carbons (Fsp3) is 0.714. The molecule has 2 aliphatic carbocycles. The fourth-order valence-electron chi connectivity index (χ4n) is 3.51. The minimum Gasteiger partial charge on any atom is -0.388 e. The van der Waals surface area contributed by atoms with Gasteiger partial charge in [0.1, 0.15) is 0 Å². The molecule has 4 heteroatoms. The third-order valence-corrected chi connectivity index (χ3v) is 4.59. The molecule has 2 atom stereocenters. The molecule has 0 bridgehead atoms. The highest BCUT2D eigenvalue weighted by Gasteiger charge is 2.49. The second kappa shape index (κ2) is 4.19. The zero-order valence-electron chi connectivity index (χ0n) is 10.5. The largest absolute Gasteiger partial charge is 0.388 e. The molecule has 0 radical (unpaired) electrons. The van der Waals surface area contributed by atoms with Gasteiger partial charge < -0.3 is 5.11 Å². The molecule has 0 aromatic heterocycles. The van der Waals surface area contributed by atoms with E-state index in [-0.39, 0.29) is 30.2 Å². The van der Waals surface area contributed by atoms with Crippen molar-refractivity contribution in [3.8, 4) is 0 Å². The molecule has 18 heavy (non-hydrogen) atoms. The number of aliphatic hydroxyl groups is 1. The van der Waals surface area contributed by atoms with Crippen molar-refractivity contribution in [3.63, 3.8) is 0 Å². The Kier molecular flexibility index (Phi) is 2.77. The Morgan fingerprint density at radius 1 is 1.11 bits per heavy atom. The number of imide groups is 1. The van der Waals surface area contributed by atoms with Crippen molar-refractivity contribution < 1.29 is 14.7 Å². The number of amides is 2. The molecule has 4 nitrogen and oxygen atoms in total. The normalized spacial score (nSPS) is 34.2. The summed E-state index contributed by atoms with van der Waals surface area (Å²) in [5.74, 6) is -0.496. The first-order valence-corrected chi connectivity index (χ1v) is 6.83. The summed E-state index contributed by atoms with van der Waals surface area (Å²) in [4.78, 5) is 25.8. The number of fused-ring (bicyclic) bond motifs is 1. The summed E-state index contributed by atoms with van der Waals surface area (Å²) in [5.41, 5.74) is -0.827. The van der Waals surface area contributed by atoms with Crippen molar-refractivity contribution in [3.05, 3.63) is 12.2 Å². The quantitative estimate of drug-likeness (QED) is 0.592. The van der Waals surface area contributed by atoms with Crippen LogP contribution in [0.25, 0.3) is 0 Å². The Bertz CT molecular complexity index is 383. The molecule has 1 saturated heterocycles. The van der Waals surface area contributed by atoms with Gasteiger partial charge in [-0.2, -0.15) is 0 Å². The molecule has 0 spiro atoms. The highest BCUT2D eigenvalue weighted by Crippen LogP contribution is 2.38. The molecule has 0 aromatic rings. The van der Waals surface area contributed by atoms with E-state index in [4.69, 9.17) is 0 Å². The summed E-state index contributed by atoms with van der Waals surface area (Å²) >= 11 is 0. The van der Waals surface area contributed by atoms with Crippen LogP contribution in [0.1, 0.15) is 38.5 Å². The molecule has 1 N–H and O–H groups in total. The van der Waals surface area contributed by atoms with E-state index in [0.717, 1.165) is 12.8 Å². The number of likely N-dealkylation sites (tertiary alicyclic amines) is 1. The van der Waals surface area contributed by atoms with E-state index in [2.05, 4.69) is 0 Å². The summed E-state index contributed by atoms with van der Waals surface area (Å²) in [6.45, 7) is 0.206. The van der Waals surface area contributed by atoms with Gasteiger partial charge in [-0.3, -0.25) is 14.5 Å². The summed E-state index contributed by atoms with van der Waals surface area (Å²) in [6.07, 6.45) is 8.70. The van der Waals surface area contributed by atoms with Crippen molar-refractivity contribution in [2.24, 2.45) is 11.8 Å². The number of carbonyl (C=O) groups excluding carboxylic acids is 2. The summed E-state index contributed by atoms with van der Waals surface area (Å²) in [7, 11) is 0. The lowest BCUT2D eigenvalue weighted by molar-refractivity contribution is -0.144. The van der Waals surface area contributed by atoms with Crippen LogP contribution < -0.4 is 0 Å². The topological polar surface area (TPSA) is 57.6 Å². The van der Waals surface area contributed by atoms with E-state index in [0.29, 0.717) is 25.7 Å². The monoisotopic (exact) mass is 249 g/mol. The molecule has 3 aliphatic rings. The summed E-state index contributed by atoms with van der Waals surface area (Å²) in [5, 5.41) is 10.4. The lowest BCUT2D eigenvalue weighted by Crippen LogP contribution is -2.44. The first-order chi connectivity index (χ1) is 8.61. The predicted octanol–water partition coefficient (Wildman–Crippen LogP) is 1.24. The van der Waals surface area contributed by atoms with Crippen LogP contribution in [0.2, 0.25) is 0 Å². The summed E-state index contributed by atoms with van der Waals surface area (Å²) in [6, 6.07) is 0. The van der Waals surface area contributed by atoms with Crippen molar-refractivity contribution in [1.82, 2.24) is 4.90 Å². The van der Waals surface area contributed by atoms with Gasteiger partial charge in [-0.15, -0.1) is 0 Å². The minimum atomic E-state index is -0.827. The highest BCUT2D eigenvalue weighted by molar-refractivity contribution is 6.05. The second-order valence-corrected chi connectivity index (χ2v) is 5.85. The van der Waals surface area contributed by atoms with E-state index in [1.807, 2.05) is 12.2 Å². The average molecular weight is 249 g/mol. The van der Waals surface area contributed by atoms with Gasteiger partial charge in [-0.25, -0.2) is 0 Å². The third-order valence-electron chi connectivity index (χ3n) is 4.59. The van der Waals surface area contributed by atoms with Gasteiger partial charge in [-0.05, 0) is 25.7 Å². The fourth-order valence-corrected chi connectivity index (χ4v) is 3.51. The van der Waals surface area contributed by atoms with Crippen LogP contribution >= 0.6 is 0 Å². The Labute approximate surface area is 107 Å². The maximum Gasteiger partial charge on any atom is 0.233 e. The predicted molar refractivity (Wildman–Crippen MR) is 65.5 cm³/mol. The number of hydrogen-bond donors (Lipinski definition) is 1. The molecule has 1 heterocycles. The van der Waals surface area contributed by atoms with E-state index < -0.39 is 5.60 Å². The smallest absolute Gasteiger partial charge is 0.233 e.